The van der Waals surface area contributed by atoms with E-state index >= 15 is 0 Å². The first-order valence-electron chi connectivity index (χ1n) is 7.82. The quantitative estimate of drug-likeness (QED) is 0.540. The molecule has 3 aromatic rings. The Hall–Kier alpha value is -2.36. The van der Waals surface area contributed by atoms with Gasteiger partial charge < -0.3 is 9.80 Å². The summed E-state index contributed by atoms with van der Waals surface area (Å²) in [5.41, 5.74) is 4.37. The molecule has 0 unspecified atom stereocenters. The van der Waals surface area contributed by atoms with Gasteiger partial charge in [-0.2, -0.15) is 4.57 Å². The fraction of sp³-hybridized carbons (Fsp3) is 0.316. The topological polar surface area (TPSA) is 10.4 Å². The van der Waals surface area contributed by atoms with Crippen LogP contribution in [0.25, 0.3) is 21.8 Å². The molecule has 0 aliphatic rings. The van der Waals surface area contributed by atoms with E-state index < -0.39 is 0 Å². The highest BCUT2D eigenvalue weighted by molar-refractivity contribution is 5.91. The molecule has 1 aromatic heterocycles. The SMILES string of the molecule is CN(C)c1ccc2cc3ccc(N(C)C)cc3[n+](CC[18F])c2c1. The summed E-state index contributed by atoms with van der Waals surface area (Å²) < 4.78 is 15.3. The molecule has 0 saturated heterocycles. The third-order valence-corrected chi connectivity index (χ3v) is 4.26. The molecule has 0 spiro atoms. The first-order valence-corrected chi connectivity index (χ1v) is 7.82. The van der Waals surface area contributed by atoms with Gasteiger partial charge in [0.05, 0.1) is 0 Å². The van der Waals surface area contributed by atoms with Crippen molar-refractivity contribution in [3.05, 3.63) is 42.5 Å². The Labute approximate surface area is 136 Å². The lowest BCUT2D eigenvalue weighted by Crippen LogP contribution is -2.37. The van der Waals surface area contributed by atoms with E-state index in [0.29, 0.717) is 6.54 Å². The average Bonchev–Trinajstić information content (AvgIpc) is 2.53. The van der Waals surface area contributed by atoms with Crippen molar-refractivity contribution in [2.75, 3.05) is 44.7 Å². The molecule has 1 heterocycles. The second-order valence-corrected chi connectivity index (χ2v) is 6.26. The number of nitrogens with zero attached hydrogens (tertiary/aromatic N) is 3. The van der Waals surface area contributed by atoms with Crippen molar-refractivity contribution in [3.8, 4) is 0 Å². The Kier molecular flexibility index (Phi) is 4.07. The van der Waals surface area contributed by atoms with Gasteiger partial charge in [0, 0.05) is 62.5 Å². The monoisotopic (exact) mass is 311 g/mol. The van der Waals surface area contributed by atoms with Crippen LogP contribution in [0.3, 0.4) is 0 Å². The molecule has 2 aromatic carbocycles. The van der Waals surface area contributed by atoms with Crippen LogP contribution in [-0.2, 0) is 6.54 Å². The first kappa shape index (κ1) is 15.5. The maximum atomic E-state index is 13.2. The second kappa shape index (κ2) is 6.03. The van der Waals surface area contributed by atoms with E-state index in [0.717, 1.165) is 33.2 Å². The van der Waals surface area contributed by atoms with Crippen LogP contribution in [0.1, 0.15) is 0 Å². The van der Waals surface area contributed by atoms with Crippen molar-refractivity contribution in [1.82, 2.24) is 0 Å². The number of fused-ring (bicyclic) bond motifs is 2. The zero-order valence-corrected chi connectivity index (χ0v) is 14.2. The van der Waals surface area contributed by atoms with Gasteiger partial charge in [-0.3, -0.25) is 0 Å². The van der Waals surface area contributed by atoms with E-state index in [1.54, 1.807) is 0 Å². The van der Waals surface area contributed by atoms with Gasteiger partial charge in [0.2, 0.25) is 11.0 Å². The number of aryl methyl sites for hydroxylation is 1. The van der Waals surface area contributed by atoms with Crippen LogP contribution in [0.5, 0.6) is 0 Å². The van der Waals surface area contributed by atoms with E-state index in [-0.39, 0.29) is 6.67 Å². The molecule has 120 valence electrons. The maximum absolute atomic E-state index is 13.2. The minimum absolute atomic E-state index is 0.363. The highest BCUT2D eigenvalue weighted by atomic mass is 18.2. The lowest BCUT2D eigenvalue weighted by molar-refractivity contribution is -0.645. The molecular formula is C19H23FN3+. The molecule has 3 nitrogen and oxygen atoms in total. The smallest absolute Gasteiger partial charge is 0.215 e. The second-order valence-electron chi connectivity index (χ2n) is 6.26. The molecule has 0 bridgehead atoms. The van der Waals surface area contributed by atoms with Crippen molar-refractivity contribution in [2.45, 2.75) is 6.54 Å². The molecule has 0 radical (unpaired) electrons. The van der Waals surface area contributed by atoms with Gasteiger partial charge in [-0.15, -0.1) is 0 Å². The van der Waals surface area contributed by atoms with Crippen LogP contribution in [0.2, 0.25) is 0 Å². The number of rotatable bonds is 4. The lowest BCUT2D eigenvalue weighted by atomic mass is 10.1. The zero-order valence-electron chi connectivity index (χ0n) is 14.2. The van der Waals surface area contributed by atoms with Gasteiger partial charge in [0.15, 0.2) is 6.54 Å². The summed E-state index contributed by atoms with van der Waals surface area (Å²) in [6.07, 6.45) is 0. The number of alkyl halides is 1. The number of hydrogen-bond donors (Lipinski definition) is 0. The van der Waals surface area contributed by atoms with E-state index in [1.807, 2.05) is 28.2 Å². The largest absolute Gasteiger partial charge is 0.377 e. The number of aromatic nitrogens is 1. The number of pyridine rings is 1. The highest BCUT2D eigenvalue weighted by Gasteiger charge is 2.17. The average molecular weight is 311 g/mol. The number of halogens is 1. The molecule has 0 N–H and O–H groups in total. The normalized spacial score (nSPS) is 11.2. The Morgan fingerprint density at radius 2 is 1.26 bits per heavy atom. The highest BCUT2D eigenvalue weighted by Crippen LogP contribution is 2.25. The minimum Gasteiger partial charge on any atom is -0.377 e. The summed E-state index contributed by atoms with van der Waals surface area (Å²) in [4.78, 5) is 4.14. The summed E-state index contributed by atoms with van der Waals surface area (Å²) in [5.74, 6) is 0. The van der Waals surface area contributed by atoms with Crippen LogP contribution >= 0.6 is 0 Å². The molecule has 0 amide bonds. The first-order chi connectivity index (χ1) is 11.0. The van der Waals surface area contributed by atoms with Crippen LogP contribution in [-0.4, -0.2) is 34.9 Å². The van der Waals surface area contributed by atoms with Crippen LogP contribution < -0.4 is 14.4 Å². The Morgan fingerprint density at radius 1 is 0.783 bits per heavy atom. The Balaban J connectivity index is 2.36. The lowest BCUT2D eigenvalue weighted by Gasteiger charge is -2.15. The van der Waals surface area contributed by atoms with Gasteiger partial charge in [-0.25, -0.2) is 4.39 Å². The zero-order chi connectivity index (χ0) is 16.6. The third-order valence-electron chi connectivity index (χ3n) is 4.26. The van der Waals surface area contributed by atoms with E-state index in [2.05, 4.69) is 56.8 Å². The molecule has 3 rings (SSSR count). The van der Waals surface area contributed by atoms with Crippen molar-refractivity contribution < 1.29 is 8.96 Å². The minimum atomic E-state index is -0.378. The number of benzene rings is 2. The fourth-order valence-corrected chi connectivity index (χ4v) is 2.95. The number of hydrogen-bond acceptors (Lipinski definition) is 2. The van der Waals surface area contributed by atoms with Crippen LogP contribution in [0, 0.1) is 0 Å². The molecular weight excluding hydrogens is 288 g/mol. The molecule has 0 saturated carbocycles. The maximum Gasteiger partial charge on any atom is 0.215 e. The van der Waals surface area contributed by atoms with E-state index in [9.17, 15) is 4.39 Å². The number of anilines is 2. The third kappa shape index (κ3) is 2.81. The van der Waals surface area contributed by atoms with Crippen molar-refractivity contribution in [1.29, 1.82) is 0 Å². The summed E-state index contributed by atoms with van der Waals surface area (Å²) in [6, 6.07) is 14.9. The molecule has 4 heteroatoms. The van der Waals surface area contributed by atoms with Gasteiger partial charge in [0.25, 0.3) is 0 Å². The van der Waals surface area contributed by atoms with Gasteiger partial charge >= 0.3 is 0 Å². The molecule has 23 heavy (non-hydrogen) atoms. The summed E-state index contributed by atoms with van der Waals surface area (Å²) >= 11 is 0. The fourth-order valence-electron chi connectivity index (χ4n) is 2.95. The summed E-state index contributed by atoms with van der Waals surface area (Å²) in [6.45, 7) is -0.0150. The van der Waals surface area contributed by atoms with Crippen LogP contribution in [0.15, 0.2) is 42.5 Å². The summed E-state index contributed by atoms with van der Waals surface area (Å²) in [7, 11) is 8.08. The Bertz CT molecular complexity index is 790. The van der Waals surface area contributed by atoms with Gasteiger partial charge in [-0.05, 0) is 30.3 Å². The molecule has 0 aliphatic heterocycles. The Morgan fingerprint density at radius 3 is 1.65 bits per heavy atom. The summed E-state index contributed by atoms with van der Waals surface area (Å²) in [5, 5.41) is 2.27. The van der Waals surface area contributed by atoms with Gasteiger partial charge in [0.1, 0.15) is 6.67 Å². The van der Waals surface area contributed by atoms with Gasteiger partial charge in [-0.1, -0.05) is 0 Å². The molecule has 0 atom stereocenters. The van der Waals surface area contributed by atoms with Crippen molar-refractivity contribution in [3.63, 3.8) is 0 Å². The predicted molar refractivity (Wildman–Crippen MR) is 96.3 cm³/mol. The van der Waals surface area contributed by atoms with Crippen LogP contribution in [0.4, 0.5) is 15.8 Å². The van der Waals surface area contributed by atoms with E-state index in [1.165, 1.54) is 0 Å². The van der Waals surface area contributed by atoms with Crippen molar-refractivity contribution in [2.24, 2.45) is 0 Å². The standard InChI is InChI=1S/C19H23FN3/c1-21(2)16-7-5-14-11-15-6-8-17(22(3)4)13-19(15)23(10-9-20)18(14)12-16/h5-8,11-13H,9-10H2,1-4H3/q+1/i20-1. The van der Waals surface area contributed by atoms with Crippen molar-refractivity contribution >= 4 is 33.2 Å². The predicted octanol–water partition coefficient (Wildman–Crippen LogP) is 3.38. The molecule has 0 aliphatic carbocycles. The molecule has 0 fully saturated rings. The van der Waals surface area contributed by atoms with E-state index in [4.69, 9.17) is 0 Å².